The Morgan fingerprint density at radius 2 is 1.78 bits per heavy atom. The SMILES string of the molecule is Cc1cccc(CC(=O)N(Cc2ccccc2)C(C)CN2CCOCC2)c1. The van der Waals surface area contributed by atoms with Crippen molar-refractivity contribution in [3.8, 4) is 0 Å². The van der Waals surface area contributed by atoms with E-state index in [1.54, 1.807) is 0 Å². The van der Waals surface area contributed by atoms with Crippen LogP contribution in [0.25, 0.3) is 0 Å². The number of hydrogen-bond acceptors (Lipinski definition) is 3. The van der Waals surface area contributed by atoms with Gasteiger partial charge in [0.05, 0.1) is 19.6 Å². The summed E-state index contributed by atoms with van der Waals surface area (Å²) >= 11 is 0. The summed E-state index contributed by atoms with van der Waals surface area (Å²) in [5, 5.41) is 0. The largest absolute Gasteiger partial charge is 0.379 e. The molecule has 0 N–H and O–H groups in total. The van der Waals surface area contributed by atoms with Gasteiger partial charge < -0.3 is 9.64 Å². The second kappa shape index (κ2) is 9.67. The van der Waals surface area contributed by atoms with Crippen molar-refractivity contribution in [3.63, 3.8) is 0 Å². The van der Waals surface area contributed by atoms with Crippen LogP contribution in [0.3, 0.4) is 0 Å². The number of aryl methyl sites for hydroxylation is 1. The molecule has 0 bridgehead atoms. The molecule has 1 unspecified atom stereocenters. The highest BCUT2D eigenvalue weighted by Gasteiger charge is 2.23. The maximum absolute atomic E-state index is 13.2. The van der Waals surface area contributed by atoms with Gasteiger partial charge in [0, 0.05) is 32.2 Å². The molecule has 2 aromatic carbocycles. The van der Waals surface area contributed by atoms with Crippen LogP contribution in [-0.2, 0) is 22.5 Å². The molecule has 0 radical (unpaired) electrons. The van der Waals surface area contributed by atoms with Crippen molar-refractivity contribution < 1.29 is 9.53 Å². The number of ether oxygens (including phenoxy) is 1. The number of nitrogens with zero attached hydrogens (tertiary/aromatic N) is 2. The van der Waals surface area contributed by atoms with E-state index in [4.69, 9.17) is 4.74 Å². The first kappa shape index (κ1) is 19.6. The third-order valence-corrected chi connectivity index (χ3v) is 5.11. The van der Waals surface area contributed by atoms with Crippen molar-refractivity contribution in [2.45, 2.75) is 32.9 Å². The van der Waals surface area contributed by atoms with Crippen LogP contribution < -0.4 is 0 Å². The van der Waals surface area contributed by atoms with Gasteiger partial charge in [-0.1, -0.05) is 60.2 Å². The predicted molar refractivity (Wildman–Crippen MR) is 109 cm³/mol. The molecule has 1 aliphatic rings. The van der Waals surface area contributed by atoms with Gasteiger partial charge in [-0.05, 0) is 25.0 Å². The number of carbonyl (C=O) groups is 1. The van der Waals surface area contributed by atoms with E-state index in [2.05, 4.69) is 43.0 Å². The first-order chi connectivity index (χ1) is 13.1. The number of carbonyl (C=O) groups excluding carboxylic acids is 1. The average molecular weight is 367 g/mol. The van der Waals surface area contributed by atoms with Gasteiger partial charge in [0.25, 0.3) is 0 Å². The normalized spacial score (nSPS) is 16.1. The fourth-order valence-corrected chi connectivity index (χ4v) is 3.62. The molecule has 1 aliphatic heterocycles. The highest BCUT2D eigenvalue weighted by Crippen LogP contribution is 2.14. The summed E-state index contributed by atoms with van der Waals surface area (Å²) < 4.78 is 5.45. The summed E-state index contributed by atoms with van der Waals surface area (Å²) in [4.78, 5) is 17.6. The molecule has 144 valence electrons. The van der Waals surface area contributed by atoms with E-state index in [-0.39, 0.29) is 11.9 Å². The van der Waals surface area contributed by atoms with Crippen molar-refractivity contribution in [1.82, 2.24) is 9.80 Å². The maximum Gasteiger partial charge on any atom is 0.227 e. The van der Waals surface area contributed by atoms with E-state index >= 15 is 0 Å². The van der Waals surface area contributed by atoms with E-state index < -0.39 is 0 Å². The molecule has 3 rings (SSSR count). The Morgan fingerprint density at radius 1 is 1.07 bits per heavy atom. The molecule has 4 nitrogen and oxygen atoms in total. The van der Waals surface area contributed by atoms with Crippen LogP contribution in [0, 0.1) is 6.92 Å². The third kappa shape index (κ3) is 5.91. The molecular weight excluding hydrogens is 336 g/mol. The number of hydrogen-bond donors (Lipinski definition) is 0. The topological polar surface area (TPSA) is 32.8 Å². The molecule has 0 saturated carbocycles. The molecule has 27 heavy (non-hydrogen) atoms. The Bertz CT molecular complexity index is 726. The summed E-state index contributed by atoms with van der Waals surface area (Å²) in [6.07, 6.45) is 0.446. The van der Waals surface area contributed by atoms with Gasteiger partial charge in [0.2, 0.25) is 5.91 Å². The van der Waals surface area contributed by atoms with Crippen LogP contribution >= 0.6 is 0 Å². The molecule has 2 aromatic rings. The number of morpholine rings is 1. The van der Waals surface area contributed by atoms with E-state index in [1.807, 2.05) is 35.2 Å². The molecule has 1 heterocycles. The molecule has 1 fully saturated rings. The summed E-state index contributed by atoms with van der Waals surface area (Å²) in [6.45, 7) is 9.20. The zero-order valence-electron chi connectivity index (χ0n) is 16.4. The van der Waals surface area contributed by atoms with E-state index in [0.29, 0.717) is 13.0 Å². The lowest BCUT2D eigenvalue weighted by Gasteiger charge is -2.35. The summed E-state index contributed by atoms with van der Waals surface area (Å²) in [6, 6.07) is 18.6. The summed E-state index contributed by atoms with van der Waals surface area (Å²) in [5.41, 5.74) is 3.44. The lowest BCUT2D eigenvalue weighted by molar-refractivity contribution is -0.133. The van der Waals surface area contributed by atoms with Crippen LogP contribution in [0.4, 0.5) is 0 Å². The van der Waals surface area contributed by atoms with E-state index in [0.717, 1.165) is 38.4 Å². The molecule has 1 atom stereocenters. The lowest BCUT2D eigenvalue weighted by Crippen LogP contribution is -2.48. The van der Waals surface area contributed by atoms with Gasteiger partial charge in [-0.3, -0.25) is 9.69 Å². The van der Waals surface area contributed by atoms with Gasteiger partial charge in [-0.25, -0.2) is 0 Å². The minimum atomic E-state index is 0.153. The fraction of sp³-hybridized carbons (Fsp3) is 0.435. The standard InChI is InChI=1S/C23H30N2O2/c1-19-7-6-10-22(15-19)16-23(26)25(18-21-8-4-3-5-9-21)20(2)17-24-11-13-27-14-12-24/h3-10,15,20H,11-14,16-18H2,1-2H3. The van der Waals surface area contributed by atoms with Gasteiger partial charge in [0.1, 0.15) is 0 Å². The highest BCUT2D eigenvalue weighted by molar-refractivity contribution is 5.79. The second-order valence-electron chi connectivity index (χ2n) is 7.44. The van der Waals surface area contributed by atoms with Gasteiger partial charge in [-0.2, -0.15) is 0 Å². The second-order valence-corrected chi connectivity index (χ2v) is 7.44. The van der Waals surface area contributed by atoms with Gasteiger partial charge in [-0.15, -0.1) is 0 Å². The van der Waals surface area contributed by atoms with Crippen molar-refractivity contribution in [2.24, 2.45) is 0 Å². The number of rotatable bonds is 7. The first-order valence-electron chi connectivity index (χ1n) is 9.81. The van der Waals surface area contributed by atoms with Gasteiger partial charge in [0.15, 0.2) is 0 Å². The minimum absolute atomic E-state index is 0.153. The van der Waals surface area contributed by atoms with Crippen molar-refractivity contribution in [3.05, 3.63) is 71.3 Å². The predicted octanol–water partition coefficient (Wildman–Crippen LogP) is 3.29. The number of benzene rings is 2. The quantitative estimate of drug-likeness (QED) is 0.754. The number of amides is 1. The molecule has 0 aromatic heterocycles. The van der Waals surface area contributed by atoms with Crippen LogP contribution in [0.5, 0.6) is 0 Å². The van der Waals surface area contributed by atoms with Crippen LogP contribution in [0.1, 0.15) is 23.6 Å². The molecule has 4 heteroatoms. The molecule has 1 amide bonds. The van der Waals surface area contributed by atoms with Crippen molar-refractivity contribution in [2.75, 3.05) is 32.8 Å². The monoisotopic (exact) mass is 366 g/mol. The molecule has 0 aliphatic carbocycles. The van der Waals surface area contributed by atoms with Crippen LogP contribution in [0.15, 0.2) is 54.6 Å². The lowest BCUT2D eigenvalue weighted by atomic mass is 10.1. The van der Waals surface area contributed by atoms with Crippen LogP contribution in [0.2, 0.25) is 0 Å². The third-order valence-electron chi connectivity index (χ3n) is 5.11. The fourth-order valence-electron chi connectivity index (χ4n) is 3.62. The van der Waals surface area contributed by atoms with Crippen LogP contribution in [-0.4, -0.2) is 54.6 Å². The van der Waals surface area contributed by atoms with E-state index in [1.165, 1.54) is 11.1 Å². The Morgan fingerprint density at radius 3 is 2.48 bits per heavy atom. The summed E-state index contributed by atoms with van der Waals surface area (Å²) in [5.74, 6) is 0.185. The first-order valence-corrected chi connectivity index (χ1v) is 9.81. The smallest absolute Gasteiger partial charge is 0.227 e. The molecular formula is C23H30N2O2. The highest BCUT2D eigenvalue weighted by atomic mass is 16.5. The molecule has 0 spiro atoms. The van der Waals surface area contributed by atoms with Crippen molar-refractivity contribution in [1.29, 1.82) is 0 Å². The molecule has 1 saturated heterocycles. The van der Waals surface area contributed by atoms with Gasteiger partial charge >= 0.3 is 0 Å². The van der Waals surface area contributed by atoms with Crippen molar-refractivity contribution >= 4 is 5.91 Å². The Hall–Kier alpha value is -2.17. The Labute approximate surface area is 162 Å². The average Bonchev–Trinajstić information content (AvgIpc) is 2.67. The Kier molecular flexibility index (Phi) is 7.02. The maximum atomic E-state index is 13.2. The Balaban J connectivity index is 1.72. The summed E-state index contributed by atoms with van der Waals surface area (Å²) in [7, 11) is 0. The van der Waals surface area contributed by atoms with E-state index in [9.17, 15) is 4.79 Å². The minimum Gasteiger partial charge on any atom is -0.379 e. The zero-order valence-corrected chi connectivity index (χ0v) is 16.4. The zero-order chi connectivity index (χ0) is 19.1.